The summed E-state index contributed by atoms with van der Waals surface area (Å²) in [6.07, 6.45) is -0.510. The van der Waals surface area contributed by atoms with Crippen molar-refractivity contribution in [3.8, 4) is 5.75 Å². The monoisotopic (exact) mass is 442 g/mol. The van der Waals surface area contributed by atoms with E-state index in [1.54, 1.807) is 39.2 Å². The van der Waals surface area contributed by atoms with Gasteiger partial charge in [-0.05, 0) is 29.2 Å². The minimum absolute atomic E-state index is 0.0831. The van der Waals surface area contributed by atoms with Crippen molar-refractivity contribution in [1.29, 1.82) is 0 Å². The number of esters is 1. The molecular formula is C24H30N2O6. The van der Waals surface area contributed by atoms with E-state index in [4.69, 9.17) is 14.2 Å². The van der Waals surface area contributed by atoms with Gasteiger partial charge in [-0.3, -0.25) is 4.79 Å². The van der Waals surface area contributed by atoms with Gasteiger partial charge < -0.3 is 24.8 Å². The fourth-order valence-electron chi connectivity index (χ4n) is 3.06. The van der Waals surface area contributed by atoms with Crippen LogP contribution in [0.4, 0.5) is 4.79 Å². The first-order valence-electron chi connectivity index (χ1n) is 10.3. The van der Waals surface area contributed by atoms with Crippen LogP contribution in [0.5, 0.6) is 5.75 Å². The third-order valence-corrected chi connectivity index (χ3v) is 4.81. The van der Waals surface area contributed by atoms with E-state index in [1.807, 2.05) is 36.4 Å². The summed E-state index contributed by atoms with van der Waals surface area (Å²) >= 11 is 0. The molecule has 32 heavy (non-hydrogen) atoms. The molecule has 8 heteroatoms. The Labute approximate surface area is 188 Å². The van der Waals surface area contributed by atoms with E-state index in [0.717, 1.165) is 11.1 Å². The molecule has 2 rings (SSSR count). The molecule has 0 unspecified atom stereocenters. The normalized spacial score (nSPS) is 12.4. The highest BCUT2D eigenvalue weighted by Crippen LogP contribution is 2.15. The number of benzene rings is 2. The van der Waals surface area contributed by atoms with Gasteiger partial charge in [0.2, 0.25) is 5.91 Å². The average Bonchev–Trinajstić information content (AvgIpc) is 2.80. The molecule has 2 aromatic rings. The topological polar surface area (TPSA) is 103 Å². The lowest BCUT2D eigenvalue weighted by atomic mass is 10.0. The maximum atomic E-state index is 12.9. The fraction of sp³-hybridized carbons (Fsp3) is 0.375. The number of rotatable bonds is 10. The lowest BCUT2D eigenvalue weighted by molar-refractivity contribution is -0.145. The molecule has 0 saturated carbocycles. The Morgan fingerprint density at radius 2 is 1.59 bits per heavy atom. The predicted octanol–water partition coefficient (Wildman–Crippen LogP) is 2.85. The number of nitrogens with one attached hydrogen (secondary N) is 2. The van der Waals surface area contributed by atoms with E-state index in [2.05, 4.69) is 10.6 Å². The van der Waals surface area contributed by atoms with Crippen molar-refractivity contribution in [3.63, 3.8) is 0 Å². The van der Waals surface area contributed by atoms with Gasteiger partial charge in [-0.2, -0.15) is 0 Å². The second-order valence-corrected chi connectivity index (χ2v) is 7.57. The Morgan fingerprint density at radius 1 is 0.906 bits per heavy atom. The van der Waals surface area contributed by atoms with Crippen LogP contribution in [0.25, 0.3) is 0 Å². The van der Waals surface area contributed by atoms with Gasteiger partial charge in [0.1, 0.15) is 24.4 Å². The average molecular weight is 443 g/mol. The van der Waals surface area contributed by atoms with Gasteiger partial charge in [0.15, 0.2) is 0 Å². The number of alkyl carbamates (subject to hydrolysis) is 1. The van der Waals surface area contributed by atoms with Crippen LogP contribution < -0.4 is 15.4 Å². The molecule has 172 valence electrons. The van der Waals surface area contributed by atoms with Crippen LogP contribution >= 0.6 is 0 Å². The lowest BCUT2D eigenvalue weighted by Crippen LogP contribution is -2.54. The number of amides is 2. The summed E-state index contributed by atoms with van der Waals surface area (Å²) in [4.78, 5) is 37.5. The second kappa shape index (κ2) is 12.3. The highest BCUT2D eigenvalue weighted by Gasteiger charge is 2.30. The van der Waals surface area contributed by atoms with Crippen molar-refractivity contribution in [3.05, 3.63) is 65.7 Å². The smallest absolute Gasteiger partial charge is 0.408 e. The molecule has 0 heterocycles. The van der Waals surface area contributed by atoms with Crippen LogP contribution in [0.3, 0.4) is 0 Å². The van der Waals surface area contributed by atoms with E-state index in [1.165, 1.54) is 7.11 Å². The first-order valence-corrected chi connectivity index (χ1v) is 10.3. The van der Waals surface area contributed by atoms with Crippen molar-refractivity contribution in [2.75, 3.05) is 14.2 Å². The molecule has 2 N–H and O–H groups in total. The highest BCUT2D eigenvalue weighted by atomic mass is 16.5. The van der Waals surface area contributed by atoms with Crippen molar-refractivity contribution < 1.29 is 28.6 Å². The van der Waals surface area contributed by atoms with Gasteiger partial charge in [-0.25, -0.2) is 9.59 Å². The number of ether oxygens (including phenoxy) is 3. The predicted molar refractivity (Wildman–Crippen MR) is 119 cm³/mol. The third kappa shape index (κ3) is 7.61. The van der Waals surface area contributed by atoms with Gasteiger partial charge in [-0.15, -0.1) is 0 Å². The molecule has 0 fully saturated rings. The quantitative estimate of drug-likeness (QED) is 0.549. The summed E-state index contributed by atoms with van der Waals surface area (Å²) in [6, 6.07) is 14.6. The van der Waals surface area contributed by atoms with Crippen LogP contribution in [0.15, 0.2) is 54.6 Å². The van der Waals surface area contributed by atoms with Crippen molar-refractivity contribution in [2.45, 2.75) is 39.0 Å². The van der Waals surface area contributed by atoms with Crippen LogP contribution in [0.2, 0.25) is 0 Å². The molecule has 0 aromatic heterocycles. The van der Waals surface area contributed by atoms with Crippen molar-refractivity contribution in [2.24, 2.45) is 5.92 Å². The summed E-state index contributed by atoms with van der Waals surface area (Å²) in [6.45, 7) is 3.66. The summed E-state index contributed by atoms with van der Waals surface area (Å²) in [7, 11) is 2.81. The zero-order valence-corrected chi connectivity index (χ0v) is 18.8. The van der Waals surface area contributed by atoms with E-state index in [0.29, 0.717) is 5.75 Å². The fourth-order valence-corrected chi connectivity index (χ4v) is 3.06. The molecule has 2 amide bonds. The van der Waals surface area contributed by atoms with Gasteiger partial charge >= 0.3 is 12.1 Å². The van der Waals surface area contributed by atoms with E-state index in [9.17, 15) is 14.4 Å². The molecule has 8 nitrogen and oxygen atoms in total. The molecular weight excluding hydrogens is 412 g/mol. The van der Waals surface area contributed by atoms with Crippen LogP contribution in [0, 0.1) is 5.92 Å². The Balaban J connectivity index is 2.03. The van der Waals surface area contributed by atoms with E-state index < -0.39 is 30.1 Å². The van der Waals surface area contributed by atoms with Gasteiger partial charge in [-0.1, -0.05) is 56.3 Å². The summed E-state index contributed by atoms with van der Waals surface area (Å²) in [5, 5.41) is 5.28. The van der Waals surface area contributed by atoms with Crippen LogP contribution in [0.1, 0.15) is 25.0 Å². The summed E-state index contributed by atoms with van der Waals surface area (Å²) in [5.74, 6) is -0.694. The van der Waals surface area contributed by atoms with E-state index in [-0.39, 0.29) is 18.9 Å². The summed E-state index contributed by atoms with van der Waals surface area (Å²) in [5.41, 5.74) is 1.62. The van der Waals surface area contributed by atoms with Crippen LogP contribution in [-0.4, -0.2) is 44.3 Å². The van der Waals surface area contributed by atoms with Crippen LogP contribution in [-0.2, 0) is 32.1 Å². The maximum Gasteiger partial charge on any atom is 0.408 e. The zero-order valence-electron chi connectivity index (χ0n) is 18.8. The first-order chi connectivity index (χ1) is 15.3. The van der Waals surface area contributed by atoms with E-state index >= 15 is 0 Å². The Morgan fingerprint density at radius 3 is 2.22 bits per heavy atom. The molecule has 0 bridgehead atoms. The Kier molecular flexibility index (Phi) is 9.53. The van der Waals surface area contributed by atoms with Crippen molar-refractivity contribution in [1.82, 2.24) is 10.6 Å². The highest BCUT2D eigenvalue weighted by molar-refractivity contribution is 5.90. The largest absolute Gasteiger partial charge is 0.497 e. The third-order valence-electron chi connectivity index (χ3n) is 4.81. The standard InChI is InChI=1S/C24H30N2O6/c1-16(2)21(26-24(29)32-15-17-9-6-5-7-10-17)22(27)25-20(23(28)31-4)14-18-11-8-12-19(13-18)30-3/h5-13,16,20-21H,14-15H2,1-4H3,(H,25,27)(H,26,29)/t20-,21+/m1/s1. The zero-order chi connectivity index (χ0) is 23.5. The molecule has 0 spiro atoms. The number of carbonyl (C=O) groups excluding carboxylic acids is 3. The second-order valence-electron chi connectivity index (χ2n) is 7.57. The molecule has 0 aliphatic heterocycles. The molecule has 2 atom stereocenters. The summed E-state index contributed by atoms with van der Waals surface area (Å²) < 4.78 is 15.3. The Hall–Kier alpha value is -3.55. The number of hydrogen-bond acceptors (Lipinski definition) is 6. The lowest BCUT2D eigenvalue weighted by Gasteiger charge is -2.24. The maximum absolute atomic E-state index is 12.9. The van der Waals surface area contributed by atoms with Gasteiger partial charge in [0.25, 0.3) is 0 Å². The number of methoxy groups -OCH3 is 2. The molecule has 0 radical (unpaired) electrons. The first kappa shape index (κ1) is 24.7. The Bertz CT molecular complexity index is 900. The molecule has 0 saturated heterocycles. The van der Waals surface area contributed by atoms with Gasteiger partial charge in [0, 0.05) is 6.42 Å². The SMILES string of the molecule is COC(=O)[C@@H](Cc1cccc(OC)c1)NC(=O)[C@@H](NC(=O)OCc1ccccc1)C(C)C. The molecule has 0 aliphatic rings. The molecule has 2 aromatic carbocycles. The molecule has 0 aliphatic carbocycles. The van der Waals surface area contributed by atoms with Crippen molar-refractivity contribution >= 4 is 18.0 Å². The number of hydrogen-bond donors (Lipinski definition) is 2. The number of carbonyl (C=O) groups is 3. The minimum Gasteiger partial charge on any atom is -0.497 e. The van der Waals surface area contributed by atoms with Gasteiger partial charge in [0.05, 0.1) is 14.2 Å². The minimum atomic E-state index is -0.928.